The van der Waals surface area contributed by atoms with E-state index >= 15 is 0 Å². The monoisotopic (exact) mass is 266 g/mol. The highest BCUT2D eigenvalue weighted by Crippen LogP contribution is 2.34. The molecule has 0 aromatic carbocycles. The molecule has 0 spiro atoms. The molecular formula is C17H34N2. The van der Waals surface area contributed by atoms with Gasteiger partial charge in [0.05, 0.1) is 0 Å². The maximum absolute atomic E-state index is 3.51. The lowest BCUT2D eigenvalue weighted by molar-refractivity contribution is 0.0722. The minimum absolute atomic E-state index is 0.391. The number of hydrogen-bond acceptors (Lipinski definition) is 2. The van der Waals surface area contributed by atoms with Gasteiger partial charge in [0.2, 0.25) is 0 Å². The van der Waals surface area contributed by atoms with E-state index in [-0.39, 0.29) is 0 Å². The minimum Gasteiger partial charge on any atom is -0.314 e. The third kappa shape index (κ3) is 4.19. The van der Waals surface area contributed by atoms with Crippen molar-refractivity contribution in [1.29, 1.82) is 0 Å². The zero-order valence-corrected chi connectivity index (χ0v) is 13.5. The number of rotatable bonds is 4. The molecule has 112 valence electrons. The third-order valence-electron chi connectivity index (χ3n) is 5.58. The van der Waals surface area contributed by atoms with Crippen molar-refractivity contribution in [2.45, 2.75) is 77.3 Å². The molecule has 1 N–H and O–H groups in total. The Labute approximate surface area is 120 Å². The SMILES string of the molecule is CNC1(C)CCN(C2CCCC(CC(C)C)C2)CC1. The van der Waals surface area contributed by atoms with Gasteiger partial charge in [-0.05, 0) is 57.9 Å². The molecule has 2 fully saturated rings. The summed E-state index contributed by atoms with van der Waals surface area (Å²) >= 11 is 0. The van der Waals surface area contributed by atoms with Gasteiger partial charge in [-0.1, -0.05) is 26.7 Å². The zero-order chi connectivity index (χ0) is 13.9. The van der Waals surface area contributed by atoms with Crippen molar-refractivity contribution < 1.29 is 0 Å². The molecule has 0 aromatic rings. The normalized spacial score (nSPS) is 32.7. The molecule has 1 aliphatic heterocycles. The second-order valence-corrected chi connectivity index (χ2v) is 7.66. The van der Waals surface area contributed by atoms with Gasteiger partial charge in [0.15, 0.2) is 0 Å². The van der Waals surface area contributed by atoms with Crippen LogP contribution in [-0.4, -0.2) is 36.6 Å². The minimum atomic E-state index is 0.391. The third-order valence-corrected chi connectivity index (χ3v) is 5.58. The van der Waals surface area contributed by atoms with E-state index in [9.17, 15) is 0 Å². The van der Waals surface area contributed by atoms with Gasteiger partial charge in [-0.2, -0.15) is 0 Å². The van der Waals surface area contributed by atoms with Crippen molar-refractivity contribution in [3.05, 3.63) is 0 Å². The van der Waals surface area contributed by atoms with Gasteiger partial charge in [0.1, 0.15) is 0 Å². The standard InChI is InChI=1S/C17H34N2/c1-14(2)12-15-6-5-7-16(13-15)19-10-8-17(3,18-4)9-11-19/h14-16,18H,5-13H2,1-4H3. The highest BCUT2D eigenvalue weighted by Gasteiger charge is 2.33. The van der Waals surface area contributed by atoms with Crippen LogP contribution in [-0.2, 0) is 0 Å². The van der Waals surface area contributed by atoms with Crippen molar-refractivity contribution >= 4 is 0 Å². The van der Waals surface area contributed by atoms with Crippen LogP contribution in [0.1, 0.15) is 65.7 Å². The maximum atomic E-state index is 3.51. The van der Waals surface area contributed by atoms with Crippen LogP contribution >= 0.6 is 0 Å². The topological polar surface area (TPSA) is 15.3 Å². The summed E-state index contributed by atoms with van der Waals surface area (Å²) in [6.45, 7) is 9.74. The van der Waals surface area contributed by atoms with Crippen LogP contribution in [0.2, 0.25) is 0 Å². The summed E-state index contributed by atoms with van der Waals surface area (Å²) in [6.07, 6.45) is 9.93. The molecule has 2 nitrogen and oxygen atoms in total. The predicted octanol–water partition coefficient (Wildman–Crippen LogP) is 3.67. The summed E-state index contributed by atoms with van der Waals surface area (Å²) in [6, 6.07) is 0.888. The van der Waals surface area contributed by atoms with Gasteiger partial charge < -0.3 is 10.2 Å². The molecule has 0 aromatic heterocycles. The van der Waals surface area contributed by atoms with E-state index < -0.39 is 0 Å². The summed E-state index contributed by atoms with van der Waals surface area (Å²) in [7, 11) is 2.12. The van der Waals surface area contributed by atoms with Crippen LogP contribution in [0.5, 0.6) is 0 Å². The Balaban J connectivity index is 1.82. The van der Waals surface area contributed by atoms with Crippen LogP contribution < -0.4 is 5.32 Å². The highest BCUT2D eigenvalue weighted by atomic mass is 15.2. The van der Waals surface area contributed by atoms with Gasteiger partial charge >= 0.3 is 0 Å². The molecule has 2 rings (SSSR count). The largest absolute Gasteiger partial charge is 0.314 e. The Morgan fingerprint density at radius 1 is 1.21 bits per heavy atom. The van der Waals surface area contributed by atoms with Crippen molar-refractivity contribution in [1.82, 2.24) is 10.2 Å². The Morgan fingerprint density at radius 3 is 2.47 bits per heavy atom. The quantitative estimate of drug-likeness (QED) is 0.835. The summed E-state index contributed by atoms with van der Waals surface area (Å²) in [5, 5.41) is 3.51. The number of nitrogens with one attached hydrogen (secondary N) is 1. The van der Waals surface area contributed by atoms with E-state index in [0.717, 1.165) is 17.9 Å². The molecule has 2 atom stereocenters. The number of piperidine rings is 1. The van der Waals surface area contributed by atoms with E-state index in [0.29, 0.717) is 5.54 Å². The summed E-state index contributed by atoms with van der Waals surface area (Å²) in [5.74, 6) is 1.87. The van der Waals surface area contributed by atoms with E-state index in [1.54, 1.807) is 0 Å². The summed E-state index contributed by atoms with van der Waals surface area (Å²) in [5.41, 5.74) is 0.391. The Bertz CT molecular complexity index is 266. The zero-order valence-electron chi connectivity index (χ0n) is 13.5. The van der Waals surface area contributed by atoms with E-state index in [1.807, 2.05) is 0 Å². The van der Waals surface area contributed by atoms with Crippen LogP contribution in [0.4, 0.5) is 0 Å². The lowest BCUT2D eigenvalue weighted by atomic mass is 9.79. The number of nitrogens with zero attached hydrogens (tertiary/aromatic N) is 1. The fourth-order valence-corrected chi connectivity index (χ4v) is 4.11. The molecule has 2 unspecified atom stereocenters. The average Bonchev–Trinajstić information content (AvgIpc) is 2.39. The maximum Gasteiger partial charge on any atom is 0.0174 e. The first kappa shape index (κ1) is 15.3. The Hall–Kier alpha value is -0.0800. The Morgan fingerprint density at radius 2 is 1.89 bits per heavy atom. The van der Waals surface area contributed by atoms with E-state index in [2.05, 4.69) is 38.0 Å². The molecule has 2 aliphatic rings. The number of likely N-dealkylation sites (tertiary alicyclic amines) is 1. The van der Waals surface area contributed by atoms with Crippen molar-refractivity contribution in [3.63, 3.8) is 0 Å². The fraction of sp³-hybridized carbons (Fsp3) is 1.00. The van der Waals surface area contributed by atoms with Gasteiger partial charge in [-0.25, -0.2) is 0 Å². The first-order chi connectivity index (χ1) is 9.02. The molecule has 0 radical (unpaired) electrons. The molecule has 1 saturated heterocycles. The van der Waals surface area contributed by atoms with Gasteiger partial charge in [-0.15, -0.1) is 0 Å². The van der Waals surface area contributed by atoms with Gasteiger partial charge in [0.25, 0.3) is 0 Å². The lowest BCUT2D eigenvalue weighted by Gasteiger charge is -2.45. The second-order valence-electron chi connectivity index (χ2n) is 7.66. The first-order valence-corrected chi connectivity index (χ1v) is 8.45. The van der Waals surface area contributed by atoms with E-state index in [1.165, 1.54) is 58.0 Å². The smallest absolute Gasteiger partial charge is 0.0174 e. The van der Waals surface area contributed by atoms with Crippen molar-refractivity contribution in [2.75, 3.05) is 20.1 Å². The van der Waals surface area contributed by atoms with Gasteiger partial charge in [-0.3, -0.25) is 0 Å². The van der Waals surface area contributed by atoms with Crippen LogP contribution in [0, 0.1) is 11.8 Å². The molecule has 19 heavy (non-hydrogen) atoms. The molecule has 0 bridgehead atoms. The lowest BCUT2D eigenvalue weighted by Crippen LogP contribution is -2.53. The van der Waals surface area contributed by atoms with Crippen LogP contribution in [0.25, 0.3) is 0 Å². The summed E-state index contributed by atoms with van der Waals surface area (Å²) < 4.78 is 0. The molecule has 1 heterocycles. The molecule has 2 heteroatoms. The molecular weight excluding hydrogens is 232 g/mol. The van der Waals surface area contributed by atoms with Gasteiger partial charge in [0, 0.05) is 24.7 Å². The fourth-order valence-electron chi connectivity index (χ4n) is 4.11. The average molecular weight is 266 g/mol. The molecule has 1 saturated carbocycles. The number of hydrogen-bond donors (Lipinski definition) is 1. The van der Waals surface area contributed by atoms with Crippen LogP contribution in [0.3, 0.4) is 0 Å². The van der Waals surface area contributed by atoms with Crippen LogP contribution in [0.15, 0.2) is 0 Å². The van der Waals surface area contributed by atoms with E-state index in [4.69, 9.17) is 0 Å². The molecule has 1 aliphatic carbocycles. The highest BCUT2D eigenvalue weighted by molar-refractivity contribution is 4.91. The summed E-state index contributed by atoms with van der Waals surface area (Å²) in [4.78, 5) is 2.80. The van der Waals surface area contributed by atoms with Crippen molar-refractivity contribution in [2.24, 2.45) is 11.8 Å². The first-order valence-electron chi connectivity index (χ1n) is 8.45. The molecule has 0 amide bonds. The predicted molar refractivity (Wildman–Crippen MR) is 83.5 cm³/mol. The Kier molecular flexibility index (Phi) is 5.30. The second kappa shape index (κ2) is 6.58. The van der Waals surface area contributed by atoms with Crippen molar-refractivity contribution in [3.8, 4) is 0 Å².